The Morgan fingerprint density at radius 3 is 2.82 bits per heavy atom. The Morgan fingerprint density at radius 2 is 2.11 bits per heavy atom. The Labute approximate surface area is 158 Å². The van der Waals surface area contributed by atoms with Gasteiger partial charge in [-0.05, 0) is 42.5 Å². The molecule has 0 unspecified atom stereocenters. The number of hydrazone groups is 1. The number of benzene rings is 2. The molecule has 11 heteroatoms. The van der Waals surface area contributed by atoms with Gasteiger partial charge in [-0.2, -0.15) is 13.8 Å². The second kappa shape index (κ2) is 7.88. The molecule has 2 aromatic carbocycles. The number of carbonyl (C=O) groups excluding carboxylic acids is 1. The van der Waals surface area contributed by atoms with E-state index in [9.17, 15) is 18.0 Å². The first-order valence-corrected chi connectivity index (χ1v) is 8.04. The van der Waals surface area contributed by atoms with E-state index in [0.717, 1.165) is 23.9 Å². The third-order valence-electron chi connectivity index (χ3n) is 3.77. The Morgan fingerprint density at radius 1 is 1.29 bits per heavy atom. The maximum Gasteiger partial charge on any atom is 0.337 e. The van der Waals surface area contributed by atoms with Crippen LogP contribution >= 0.6 is 0 Å². The Kier molecular flexibility index (Phi) is 5.36. The zero-order valence-electron chi connectivity index (χ0n) is 14.4. The number of hydrazine groups is 1. The number of anilines is 3. The third-order valence-corrected chi connectivity index (χ3v) is 3.77. The van der Waals surface area contributed by atoms with Crippen molar-refractivity contribution in [2.45, 2.75) is 5.92 Å². The highest BCUT2D eigenvalue weighted by Gasteiger charge is 2.28. The maximum absolute atomic E-state index is 13.9. The molecule has 1 aliphatic heterocycles. The van der Waals surface area contributed by atoms with Crippen molar-refractivity contribution in [3.8, 4) is 0 Å². The summed E-state index contributed by atoms with van der Waals surface area (Å²) >= 11 is 0. The van der Waals surface area contributed by atoms with Crippen LogP contribution in [-0.2, 0) is 5.92 Å². The molecule has 0 fully saturated rings. The predicted molar refractivity (Wildman–Crippen MR) is 98.7 cm³/mol. The molecule has 28 heavy (non-hydrogen) atoms. The molecular weight excluding hydrogens is 375 g/mol. The number of hydrogen-bond acceptors (Lipinski definition) is 5. The highest BCUT2D eigenvalue weighted by Crippen LogP contribution is 2.31. The van der Waals surface area contributed by atoms with Crippen LogP contribution in [0.3, 0.4) is 0 Å². The molecule has 146 valence electrons. The summed E-state index contributed by atoms with van der Waals surface area (Å²) in [6.07, 6.45) is 2.00. The van der Waals surface area contributed by atoms with E-state index < -0.39 is 23.3 Å². The van der Waals surface area contributed by atoms with Gasteiger partial charge in [0.2, 0.25) is 0 Å². The summed E-state index contributed by atoms with van der Waals surface area (Å²) in [6.45, 7) is 3.05. The lowest BCUT2D eigenvalue weighted by molar-refractivity contribution is -0.703. The molecule has 0 atom stereocenters. The fourth-order valence-corrected chi connectivity index (χ4v) is 2.34. The molecule has 0 aromatic heterocycles. The largest absolute Gasteiger partial charge is 0.337 e. The molecule has 0 aliphatic carbocycles. The first kappa shape index (κ1) is 19.0. The van der Waals surface area contributed by atoms with E-state index in [-0.39, 0.29) is 5.69 Å². The van der Waals surface area contributed by atoms with Gasteiger partial charge in [0.1, 0.15) is 11.5 Å². The summed E-state index contributed by atoms with van der Waals surface area (Å²) in [5.74, 6) is -4.19. The quantitative estimate of drug-likeness (QED) is 0.295. The van der Waals surface area contributed by atoms with Crippen LogP contribution in [0.4, 0.5) is 35.0 Å². The average Bonchev–Trinajstić information content (AvgIpc) is 3.23. The molecule has 2 amide bonds. The van der Waals surface area contributed by atoms with Crippen molar-refractivity contribution >= 4 is 29.4 Å². The average molecular weight is 392 g/mol. The SMILES string of the molecule is C=CC(F)(F)c1ccc(F)c(NC(=O)NNc2cccc(N3C=NN[NH2+]3)c2)c1. The molecule has 0 saturated heterocycles. The van der Waals surface area contributed by atoms with Crippen LogP contribution in [0.25, 0.3) is 0 Å². The Hall–Kier alpha value is -3.73. The number of allylic oxidation sites excluding steroid dienone is 1. The molecule has 2 aromatic rings. The van der Waals surface area contributed by atoms with Gasteiger partial charge in [-0.25, -0.2) is 9.18 Å². The molecule has 8 nitrogen and oxygen atoms in total. The smallest absolute Gasteiger partial charge is 0.304 e. The number of halogens is 3. The zero-order valence-corrected chi connectivity index (χ0v) is 14.4. The molecule has 1 aliphatic rings. The van der Waals surface area contributed by atoms with Crippen molar-refractivity contribution < 1.29 is 23.5 Å². The summed E-state index contributed by atoms with van der Waals surface area (Å²) in [5.41, 5.74) is 9.69. The summed E-state index contributed by atoms with van der Waals surface area (Å²) in [4.78, 5) is 12.0. The van der Waals surface area contributed by atoms with Gasteiger partial charge in [0.05, 0.1) is 11.4 Å². The fourth-order valence-electron chi connectivity index (χ4n) is 2.34. The Balaban J connectivity index is 1.63. The van der Waals surface area contributed by atoms with Gasteiger partial charge >= 0.3 is 6.03 Å². The first-order chi connectivity index (χ1) is 13.4. The topological polar surface area (TPSA) is 97.4 Å². The Bertz CT molecular complexity index is 919. The minimum Gasteiger partial charge on any atom is -0.304 e. The van der Waals surface area contributed by atoms with Gasteiger partial charge < -0.3 is 5.32 Å². The standard InChI is InChI=1S/C17H16F3N7O/c1-2-17(19,20)11-6-7-14(18)15(8-11)22-16(28)24-23-12-4-3-5-13(9-12)27-10-21-25-26-27/h2-10,23,25-26H,1H2,(H2,22,24,28)/p+1. The number of amides is 2. The summed E-state index contributed by atoms with van der Waals surface area (Å²) in [7, 11) is 0. The number of urea groups is 1. The van der Waals surface area contributed by atoms with Crippen LogP contribution in [0.15, 0.2) is 60.2 Å². The highest BCUT2D eigenvalue weighted by molar-refractivity contribution is 5.90. The van der Waals surface area contributed by atoms with Crippen molar-refractivity contribution in [2.24, 2.45) is 5.10 Å². The fraction of sp³-hybridized carbons (Fsp3) is 0.0588. The number of nitrogens with zero attached hydrogens (tertiary/aromatic N) is 2. The van der Waals surface area contributed by atoms with Crippen molar-refractivity contribution in [3.05, 3.63) is 66.5 Å². The minimum absolute atomic E-state index is 0.388. The number of hydrogen-bond donors (Lipinski definition) is 5. The summed E-state index contributed by atoms with van der Waals surface area (Å²) < 4.78 is 41.2. The van der Waals surface area contributed by atoms with Crippen LogP contribution < -0.4 is 32.2 Å². The molecule has 3 rings (SSSR count). The number of nitrogens with two attached hydrogens (primary N) is 1. The third kappa shape index (κ3) is 4.32. The highest BCUT2D eigenvalue weighted by atomic mass is 19.3. The lowest BCUT2D eigenvalue weighted by atomic mass is 10.1. The lowest BCUT2D eigenvalue weighted by Crippen LogP contribution is -2.97. The number of rotatable bonds is 6. The number of alkyl halides is 2. The first-order valence-electron chi connectivity index (χ1n) is 8.04. The normalized spacial score (nSPS) is 13.0. The van der Waals surface area contributed by atoms with Gasteiger partial charge in [-0.3, -0.25) is 10.9 Å². The van der Waals surface area contributed by atoms with Crippen LogP contribution in [-0.4, -0.2) is 12.4 Å². The van der Waals surface area contributed by atoms with Crippen LogP contribution in [0.2, 0.25) is 0 Å². The molecule has 0 spiro atoms. The predicted octanol–water partition coefficient (Wildman–Crippen LogP) is 2.00. The van der Waals surface area contributed by atoms with Crippen molar-refractivity contribution in [1.29, 1.82) is 0 Å². The molecule has 1 heterocycles. The minimum atomic E-state index is -3.34. The van der Waals surface area contributed by atoms with Crippen molar-refractivity contribution in [2.75, 3.05) is 15.8 Å². The van der Waals surface area contributed by atoms with E-state index in [0.29, 0.717) is 11.8 Å². The maximum atomic E-state index is 13.9. The molecule has 6 N–H and O–H groups in total. The van der Waals surface area contributed by atoms with Gasteiger partial charge in [0.15, 0.2) is 6.34 Å². The number of carbonyl (C=O) groups is 1. The summed E-state index contributed by atoms with van der Waals surface area (Å²) in [6, 6.07) is 8.78. The second-order valence-corrected chi connectivity index (χ2v) is 5.69. The van der Waals surface area contributed by atoms with Crippen molar-refractivity contribution in [1.82, 2.24) is 11.0 Å². The molecule has 0 saturated carbocycles. The van der Waals surface area contributed by atoms with E-state index in [4.69, 9.17) is 0 Å². The van der Waals surface area contributed by atoms with E-state index in [1.165, 1.54) is 0 Å². The van der Waals surface area contributed by atoms with Gasteiger partial charge in [0.25, 0.3) is 5.92 Å². The van der Waals surface area contributed by atoms with E-state index in [1.807, 2.05) is 6.07 Å². The van der Waals surface area contributed by atoms with Gasteiger partial charge in [-0.15, -0.1) is 16.2 Å². The van der Waals surface area contributed by atoms with Gasteiger partial charge in [-0.1, -0.05) is 12.6 Å². The second-order valence-electron chi connectivity index (χ2n) is 5.69. The van der Waals surface area contributed by atoms with Crippen LogP contribution in [0, 0.1) is 5.82 Å². The number of quaternary nitrogens is 1. The molecular formula is C17H17F3N7O+. The molecule has 0 bridgehead atoms. The van der Waals surface area contributed by atoms with Gasteiger partial charge in [0, 0.05) is 5.56 Å². The zero-order chi connectivity index (χ0) is 20.1. The molecule has 0 radical (unpaired) electrons. The number of nitrogens with one attached hydrogen (secondary N) is 4. The monoisotopic (exact) mass is 392 g/mol. The van der Waals surface area contributed by atoms with Crippen LogP contribution in [0.5, 0.6) is 0 Å². The van der Waals surface area contributed by atoms with E-state index >= 15 is 0 Å². The summed E-state index contributed by atoms with van der Waals surface area (Å²) in [5, 5.41) is 7.73. The van der Waals surface area contributed by atoms with E-state index in [1.54, 1.807) is 35.1 Å². The van der Waals surface area contributed by atoms with Crippen LogP contribution in [0.1, 0.15) is 5.56 Å². The lowest BCUT2D eigenvalue weighted by Gasteiger charge is -2.15. The van der Waals surface area contributed by atoms with Crippen molar-refractivity contribution in [3.63, 3.8) is 0 Å². The van der Waals surface area contributed by atoms with E-state index in [2.05, 4.69) is 33.4 Å².